The van der Waals surface area contributed by atoms with E-state index >= 15 is 0 Å². The zero-order valence-corrected chi connectivity index (χ0v) is 18.1. The van der Waals surface area contributed by atoms with Crippen molar-refractivity contribution in [1.82, 2.24) is 15.4 Å². The van der Waals surface area contributed by atoms with Gasteiger partial charge in [-0.05, 0) is 88.7 Å². The lowest BCUT2D eigenvalue weighted by atomic mass is 9.95. The Morgan fingerprint density at radius 1 is 1.04 bits per heavy atom. The number of rotatable bonds is 6. The molecule has 6 nitrogen and oxygen atoms in total. The molecule has 1 fully saturated rings. The molecular weight excluding hydrogens is 362 g/mol. The van der Waals surface area contributed by atoms with Crippen LogP contribution < -0.4 is 15.4 Å². The number of carbonyl (C=O) groups is 1. The van der Waals surface area contributed by atoms with Crippen LogP contribution in [0.25, 0.3) is 0 Å². The molecule has 152 valence electrons. The van der Waals surface area contributed by atoms with Gasteiger partial charge < -0.3 is 10.6 Å². The molecular formula is C20H33N3O3S. The van der Waals surface area contributed by atoms with Crippen LogP contribution in [0, 0.1) is 34.6 Å². The molecule has 2 rings (SSSR count). The number of hydrogen-bond acceptors (Lipinski definition) is 4. The summed E-state index contributed by atoms with van der Waals surface area (Å²) >= 11 is 0. The zero-order valence-electron chi connectivity index (χ0n) is 17.3. The predicted octanol–water partition coefficient (Wildman–Crippen LogP) is 2.15. The first-order chi connectivity index (χ1) is 12.6. The molecule has 0 spiro atoms. The van der Waals surface area contributed by atoms with Gasteiger partial charge in [-0.25, -0.2) is 13.1 Å². The van der Waals surface area contributed by atoms with E-state index in [4.69, 9.17) is 0 Å². The van der Waals surface area contributed by atoms with Crippen molar-refractivity contribution in [2.75, 3.05) is 13.1 Å². The van der Waals surface area contributed by atoms with E-state index in [9.17, 15) is 13.2 Å². The predicted molar refractivity (Wildman–Crippen MR) is 109 cm³/mol. The van der Waals surface area contributed by atoms with Crippen LogP contribution in [0.15, 0.2) is 4.90 Å². The Hall–Kier alpha value is -1.44. The van der Waals surface area contributed by atoms with Gasteiger partial charge in [0, 0.05) is 25.0 Å². The summed E-state index contributed by atoms with van der Waals surface area (Å²) in [7, 11) is -3.67. The van der Waals surface area contributed by atoms with Gasteiger partial charge >= 0.3 is 0 Å². The van der Waals surface area contributed by atoms with Crippen molar-refractivity contribution in [2.45, 2.75) is 77.8 Å². The Morgan fingerprint density at radius 2 is 1.59 bits per heavy atom. The zero-order chi connectivity index (χ0) is 20.4. The minimum absolute atomic E-state index is 0.0908. The summed E-state index contributed by atoms with van der Waals surface area (Å²) in [6, 6.07) is 0.345. The number of benzene rings is 1. The third kappa shape index (κ3) is 4.89. The average Bonchev–Trinajstić information content (AvgIpc) is 2.60. The summed E-state index contributed by atoms with van der Waals surface area (Å²) in [4.78, 5) is 12.5. The number of piperidine rings is 1. The van der Waals surface area contributed by atoms with Gasteiger partial charge in [0.25, 0.3) is 0 Å². The van der Waals surface area contributed by atoms with Crippen molar-refractivity contribution in [3.63, 3.8) is 0 Å². The Labute approximate surface area is 163 Å². The lowest BCUT2D eigenvalue weighted by Gasteiger charge is -2.30. The molecule has 1 aliphatic rings. The van der Waals surface area contributed by atoms with E-state index in [1.54, 1.807) is 0 Å². The van der Waals surface area contributed by atoms with E-state index in [-0.39, 0.29) is 31.0 Å². The quantitative estimate of drug-likeness (QED) is 0.689. The van der Waals surface area contributed by atoms with Gasteiger partial charge in [-0.2, -0.15) is 0 Å². The van der Waals surface area contributed by atoms with E-state index in [1.807, 2.05) is 34.6 Å². The monoisotopic (exact) mass is 395 g/mol. The van der Waals surface area contributed by atoms with Gasteiger partial charge in [0.2, 0.25) is 15.9 Å². The van der Waals surface area contributed by atoms with Crippen LogP contribution in [0.3, 0.4) is 0 Å². The first kappa shape index (κ1) is 21.9. The maximum atomic E-state index is 12.9. The van der Waals surface area contributed by atoms with Gasteiger partial charge in [0.05, 0.1) is 4.90 Å². The van der Waals surface area contributed by atoms with Crippen molar-refractivity contribution < 1.29 is 13.2 Å². The Kier molecular flexibility index (Phi) is 7.05. The molecule has 27 heavy (non-hydrogen) atoms. The van der Waals surface area contributed by atoms with E-state index in [2.05, 4.69) is 22.3 Å². The summed E-state index contributed by atoms with van der Waals surface area (Å²) < 4.78 is 28.3. The third-order valence-corrected chi connectivity index (χ3v) is 7.69. The second-order valence-electron chi connectivity index (χ2n) is 7.66. The molecule has 3 N–H and O–H groups in total. The number of amides is 1. The Morgan fingerprint density at radius 3 is 2.15 bits per heavy atom. The molecule has 0 saturated carbocycles. The molecule has 7 heteroatoms. The molecule has 2 atom stereocenters. The number of sulfonamides is 1. The normalized spacial score (nSPS) is 20.5. The number of carbonyl (C=O) groups excluding carboxylic acids is 1. The van der Waals surface area contributed by atoms with E-state index in [0.29, 0.717) is 4.90 Å². The fraction of sp³-hybridized carbons (Fsp3) is 0.650. The molecule has 1 saturated heterocycles. The van der Waals surface area contributed by atoms with Crippen LogP contribution in [0.1, 0.15) is 54.0 Å². The van der Waals surface area contributed by atoms with Crippen molar-refractivity contribution >= 4 is 15.9 Å². The van der Waals surface area contributed by atoms with Crippen LogP contribution in [0.2, 0.25) is 0 Å². The maximum absolute atomic E-state index is 12.9. The Balaban J connectivity index is 2.02. The number of nitrogens with one attached hydrogen (secondary N) is 3. The molecule has 1 aliphatic heterocycles. The van der Waals surface area contributed by atoms with Crippen LogP contribution in [0.5, 0.6) is 0 Å². The molecule has 1 amide bonds. The fourth-order valence-corrected chi connectivity index (χ4v) is 5.39. The molecule has 0 aromatic heterocycles. The average molecular weight is 396 g/mol. The highest BCUT2D eigenvalue weighted by atomic mass is 32.2. The minimum atomic E-state index is -3.67. The summed E-state index contributed by atoms with van der Waals surface area (Å²) in [5, 5.41) is 6.35. The summed E-state index contributed by atoms with van der Waals surface area (Å²) in [5.41, 5.74) is 4.66. The molecule has 1 heterocycles. The molecule has 2 unspecified atom stereocenters. The number of hydrogen-bond donors (Lipinski definition) is 3. The van der Waals surface area contributed by atoms with E-state index in [1.165, 1.54) is 0 Å². The second kappa shape index (κ2) is 8.71. The SMILES string of the molecule is Cc1c(C)c(C)c(S(=O)(=O)NCCC(=O)NC2CCCNC2C)c(C)c1C. The summed E-state index contributed by atoms with van der Waals surface area (Å²) in [6.07, 6.45) is 2.11. The van der Waals surface area contributed by atoms with Gasteiger partial charge in [-0.3, -0.25) is 4.79 Å². The third-order valence-electron chi connectivity index (χ3n) is 5.95. The second-order valence-corrected chi connectivity index (χ2v) is 9.36. The molecule has 1 aromatic carbocycles. The minimum Gasteiger partial charge on any atom is -0.352 e. The molecule has 0 radical (unpaired) electrons. The first-order valence-electron chi connectivity index (χ1n) is 9.65. The van der Waals surface area contributed by atoms with Crippen LogP contribution in [-0.2, 0) is 14.8 Å². The van der Waals surface area contributed by atoms with Crippen LogP contribution in [-0.4, -0.2) is 39.5 Å². The van der Waals surface area contributed by atoms with Gasteiger partial charge in [-0.15, -0.1) is 0 Å². The summed E-state index contributed by atoms with van der Waals surface area (Å²) in [5.74, 6) is -0.122. The van der Waals surface area contributed by atoms with Gasteiger partial charge in [0.1, 0.15) is 0 Å². The van der Waals surface area contributed by atoms with Crippen molar-refractivity contribution in [3.05, 3.63) is 27.8 Å². The molecule has 0 aliphatic carbocycles. The lowest BCUT2D eigenvalue weighted by molar-refractivity contribution is -0.122. The largest absolute Gasteiger partial charge is 0.352 e. The lowest BCUT2D eigenvalue weighted by Crippen LogP contribution is -2.52. The smallest absolute Gasteiger partial charge is 0.241 e. The summed E-state index contributed by atoms with van der Waals surface area (Å²) in [6.45, 7) is 12.7. The molecule has 0 bridgehead atoms. The van der Waals surface area contributed by atoms with Crippen molar-refractivity contribution in [3.8, 4) is 0 Å². The molecule has 1 aromatic rings. The van der Waals surface area contributed by atoms with Crippen molar-refractivity contribution in [2.24, 2.45) is 0 Å². The highest BCUT2D eigenvalue weighted by Crippen LogP contribution is 2.29. The van der Waals surface area contributed by atoms with E-state index < -0.39 is 10.0 Å². The van der Waals surface area contributed by atoms with Crippen LogP contribution in [0.4, 0.5) is 0 Å². The highest BCUT2D eigenvalue weighted by Gasteiger charge is 2.25. The van der Waals surface area contributed by atoms with Gasteiger partial charge in [0.15, 0.2) is 0 Å². The van der Waals surface area contributed by atoms with Crippen molar-refractivity contribution in [1.29, 1.82) is 0 Å². The first-order valence-corrected chi connectivity index (χ1v) is 11.1. The highest BCUT2D eigenvalue weighted by molar-refractivity contribution is 7.89. The van der Waals surface area contributed by atoms with Crippen LogP contribution >= 0.6 is 0 Å². The standard InChI is InChI=1S/C20H33N3O3S/c1-12-13(2)15(4)20(16(5)14(12)3)27(25,26)22-11-9-19(24)23-18-8-7-10-21-17(18)6/h17-18,21-22H,7-11H2,1-6H3,(H,23,24). The Bertz CT molecular complexity index is 789. The topological polar surface area (TPSA) is 87.3 Å². The van der Waals surface area contributed by atoms with Gasteiger partial charge in [-0.1, -0.05) is 0 Å². The fourth-order valence-electron chi connectivity index (χ4n) is 3.76. The van der Waals surface area contributed by atoms with E-state index in [0.717, 1.165) is 47.2 Å². The maximum Gasteiger partial charge on any atom is 0.241 e.